The molecule has 1 aliphatic rings. The number of hydrogen-bond acceptors (Lipinski definition) is 7. The van der Waals surface area contributed by atoms with E-state index >= 15 is 0 Å². The second kappa shape index (κ2) is 10.1. The van der Waals surface area contributed by atoms with Gasteiger partial charge in [0.2, 0.25) is 5.91 Å². The van der Waals surface area contributed by atoms with E-state index in [-0.39, 0.29) is 17.4 Å². The molecule has 1 aromatic carbocycles. The van der Waals surface area contributed by atoms with Crippen LogP contribution in [0.1, 0.15) is 12.8 Å². The molecule has 1 heterocycles. The lowest BCUT2D eigenvalue weighted by Crippen LogP contribution is -2.52. The molecule has 1 saturated heterocycles. The first-order chi connectivity index (χ1) is 13.4. The molecule has 1 aromatic rings. The van der Waals surface area contributed by atoms with Gasteiger partial charge < -0.3 is 25.0 Å². The second-order valence-electron chi connectivity index (χ2n) is 5.97. The Morgan fingerprint density at radius 2 is 1.71 bits per heavy atom. The van der Waals surface area contributed by atoms with Gasteiger partial charge in [-0.25, -0.2) is 9.59 Å². The minimum Gasteiger partial charge on any atom is -0.479 e. The van der Waals surface area contributed by atoms with E-state index in [1.165, 1.54) is 24.3 Å². The van der Waals surface area contributed by atoms with Gasteiger partial charge in [0.15, 0.2) is 18.1 Å². The number of hydrazine groups is 1. The molecule has 2 amide bonds. The number of para-hydroxylation sites is 2. The largest absolute Gasteiger partial charge is 0.479 e. The highest BCUT2D eigenvalue weighted by atomic mass is 16.6. The zero-order valence-corrected chi connectivity index (χ0v) is 14.8. The van der Waals surface area contributed by atoms with E-state index in [4.69, 9.17) is 14.6 Å². The highest BCUT2D eigenvalue weighted by molar-refractivity contribution is 6.01. The molecular formula is C17H21N3O8. The predicted octanol–water partition coefficient (Wildman–Crippen LogP) is -0.871. The van der Waals surface area contributed by atoms with Gasteiger partial charge in [0, 0.05) is 5.92 Å². The van der Waals surface area contributed by atoms with Gasteiger partial charge >= 0.3 is 11.9 Å². The highest BCUT2D eigenvalue weighted by Crippen LogP contribution is 2.27. The van der Waals surface area contributed by atoms with Crippen LogP contribution in [0.15, 0.2) is 24.3 Å². The van der Waals surface area contributed by atoms with Gasteiger partial charge in [-0.05, 0) is 38.1 Å². The Morgan fingerprint density at radius 3 is 2.32 bits per heavy atom. The minimum absolute atomic E-state index is 0.0392. The summed E-state index contributed by atoms with van der Waals surface area (Å²) in [5, 5.41) is 21.1. The standard InChI is InChI=1S/C17H21N3O8/c21-13(22)9-27-11-3-1-2-4-12(11)28-14(17(25)26)16(24)20-19-15(23)10-5-7-18-8-6-10/h1-4,10,14,18H,5-9H2,(H,19,23)(H,20,24)(H,21,22)(H,25,26). The van der Waals surface area contributed by atoms with Crippen molar-refractivity contribution in [3.63, 3.8) is 0 Å². The number of aliphatic carboxylic acids is 2. The molecule has 28 heavy (non-hydrogen) atoms. The summed E-state index contributed by atoms with van der Waals surface area (Å²) >= 11 is 0. The quantitative estimate of drug-likeness (QED) is 0.278. The first-order valence-corrected chi connectivity index (χ1v) is 8.52. The van der Waals surface area contributed by atoms with Crippen LogP contribution in [0.2, 0.25) is 0 Å². The van der Waals surface area contributed by atoms with Crippen molar-refractivity contribution in [3.05, 3.63) is 24.3 Å². The van der Waals surface area contributed by atoms with Gasteiger partial charge in [0.1, 0.15) is 0 Å². The van der Waals surface area contributed by atoms with E-state index in [0.717, 1.165) is 0 Å². The van der Waals surface area contributed by atoms with Crippen LogP contribution in [0.5, 0.6) is 11.5 Å². The first-order valence-electron chi connectivity index (χ1n) is 8.52. The van der Waals surface area contributed by atoms with Gasteiger partial charge in [-0.1, -0.05) is 12.1 Å². The molecule has 1 unspecified atom stereocenters. The third kappa shape index (κ3) is 6.13. The number of nitrogens with one attached hydrogen (secondary N) is 3. The number of amides is 2. The monoisotopic (exact) mass is 395 g/mol. The lowest BCUT2D eigenvalue weighted by Gasteiger charge is -2.22. The van der Waals surface area contributed by atoms with Crippen LogP contribution < -0.4 is 25.6 Å². The Balaban J connectivity index is 1.99. The molecule has 11 heteroatoms. The third-order valence-corrected chi connectivity index (χ3v) is 3.93. The lowest BCUT2D eigenvalue weighted by atomic mass is 9.98. The molecule has 1 aliphatic heterocycles. The summed E-state index contributed by atoms with van der Waals surface area (Å²) in [6.07, 6.45) is -0.771. The summed E-state index contributed by atoms with van der Waals surface area (Å²) in [6.45, 7) is 0.691. The van der Waals surface area contributed by atoms with E-state index in [2.05, 4.69) is 16.2 Å². The van der Waals surface area contributed by atoms with Crippen molar-refractivity contribution in [2.24, 2.45) is 5.92 Å². The van der Waals surface area contributed by atoms with Gasteiger partial charge in [0.05, 0.1) is 0 Å². The number of benzene rings is 1. The van der Waals surface area contributed by atoms with Crippen molar-refractivity contribution in [2.45, 2.75) is 18.9 Å². The predicted molar refractivity (Wildman–Crippen MR) is 93.5 cm³/mol. The zero-order valence-electron chi connectivity index (χ0n) is 14.8. The van der Waals surface area contributed by atoms with Crippen molar-refractivity contribution >= 4 is 23.8 Å². The fraction of sp³-hybridized carbons (Fsp3) is 0.412. The van der Waals surface area contributed by atoms with E-state index in [0.29, 0.717) is 25.9 Å². The van der Waals surface area contributed by atoms with Crippen molar-refractivity contribution in [1.29, 1.82) is 0 Å². The number of carboxylic acids is 2. The van der Waals surface area contributed by atoms with Crippen LogP contribution in [0, 0.1) is 5.92 Å². The van der Waals surface area contributed by atoms with Crippen molar-refractivity contribution < 1.29 is 38.9 Å². The van der Waals surface area contributed by atoms with Crippen molar-refractivity contribution in [2.75, 3.05) is 19.7 Å². The van der Waals surface area contributed by atoms with Gasteiger partial charge in [0.25, 0.3) is 12.0 Å². The van der Waals surface area contributed by atoms with E-state index in [1.54, 1.807) is 0 Å². The summed E-state index contributed by atoms with van der Waals surface area (Å²) in [6, 6.07) is 5.72. The molecule has 5 N–H and O–H groups in total. The molecule has 0 radical (unpaired) electrons. The molecule has 0 saturated carbocycles. The van der Waals surface area contributed by atoms with Gasteiger partial charge in [-0.3, -0.25) is 20.4 Å². The molecule has 1 fully saturated rings. The van der Waals surface area contributed by atoms with Crippen LogP contribution >= 0.6 is 0 Å². The zero-order chi connectivity index (χ0) is 20.5. The number of ether oxygens (including phenoxy) is 2. The van der Waals surface area contributed by atoms with Gasteiger partial charge in [-0.15, -0.1) is 0 Å². The molecule has 0 spiro atoms. The van der Waals surface area contributed by atoms with Crippen LogP contribution in [0.4, 0.5) is 0 Å². The Morgan fingerprint density at radius 1 is 1.07 bits per heavy atom. The Bertz CT molecular complexity index is 733. The average Bonchev–Trinajstić information content (AvgIpc) is 2.69. The van der Waals surface area contributed by atoms with Crippen molar-refractivity contribution in [3.8, 4) is 11.5 Å². The second-order valence-corrected chi connectivity index (χ2v) is 5.97. The number of carbonyl (C=O) groups excluding carboxylic acids is 2. The maximum absolute atomic E-state index is 12.2. The number of piperidine rings is 1. The SMILES string of the molecule is O=C(O)COc1ccccc1OC(C(=O)O)C(=O)NNC(=O)C1CCNCC1. The highest BCUT2D eigenvalue weighted by Gasteiger charge is 2.31. The summed E-state index contributed by atoms with van der Waals surface area (Å²) in [5.74, 6) is -4.79. The fourth-order valence-electron chi connectivity index (χ4n) is 2.52. The van der Waals surface area contributed by atoms with Crippen LogP contribution in [0.25, 0.3) is 0 Å². The summed E-state index contributed by atoms with van der Waals surface area (Å²) in [5.41, 5.74) is 4.26. The van der Waals surface area contributed by atoms with Crippen LogP contribution in [0.3, 0.4) is 0 Å². The fourth-order valence-corrected chi connectivity index (χ4v) is 2.52. The van der Waals surface area contributed by atoms with E-state index in [9.17, 15) is 24.3 Å². The Labute approximate surface area is 160 Å². The van der Waals surface area contributed by atoms with Gasteiger partial charge in [-0.2, -0.15) is 0 Å². The summed E-state index contributed by atoms with van der Waals surface area (Å²) < 4.78 is 10.2. The summed E-state index contributed by atoms with van der Waals surface area (Å²) in [4.78, 5) is 46.3. The summed E-state index contributed by atoms with van der Waals surface area (Å²) in [7, 11) is 0. The van der Waals surface area contributed by atoms with Crippen molar-refractivity contribution in [1.82, 2.24) is 16.2 Å². The number of carbonyl (C=O) groups is 4. The molecule has 2 rings (SSSR count). The topological polar surface area (TPSA) is 163 Å². The first kappa shape index (κ1) is 21.0. The average molecular weight is 395 g/mol. The van der Waals surface area contributed by atoms with Crippen LogP contribution in [-0.4, -0.2) is 59.8 Å². The molecule has 1 atom stereocenters. The molecule has 0 aromatic heterocycles. The number of carboxylic acid groups (broad SMARTS) is 2. The van der Waals surface area contributed by atoms with E-state index < -0.39 is 36.5 Å². The third-order valence-electron chi connectivity index (χ3n) is 3.93. The molecular weight excluding hydrogens is 374 g/mol. The smallest absolute Gasteiger partial charge is 0.355 e. The molecule has 152 valence electrons. The normalized spacial score (nSPS) is 15.1. The Hall–Kier alpha value is -3.34. The number of hydrogen-bond donors (Lipinski definition) is 5. The molecule has 0 aliphatic carbocycles. The molecule has 0 bridgehead atoms. The minimum atomic E-state index is -1.98. The van der Waals surface area contributed by atoms with E-state index in [1.807, 2.05) is 0 Å². The maximum Gasteiger partial charge on any atom is 0.355 e. The Kier molecular flexibility index (Phi) is 7.57. The lowest BCUT2D eigenvalue weighted by molar-refractivity contribution is -0.152. The number of rotatable bonds is 8. The van der Waals surface area contributed by atoms with Crippen LogP contribution in [-0.2, 0) is 19.2 Å². The maximum atomic E-state index is 12.2. The molecule has 11 nitrogen and oxygen atoms in total.